The van der Waals surface area contributed by atoms with E-state index in [-0.39, 0.29) is 30.1 Å². The Morgan fingerprint density at radius 2 is 1.69 bits per heavy atom. The van der Waals surface area contributed by atoms with Crippen molar-refractivity contribution in [3.63, 3.8) is 0 Å². The molecule has 2 fully saturated rings. The third-order valence-corrected chi connectivity index (χ3v) is 11.8. The van der Waals surface area contributed by atoms with E-state index in [4.69, 9.17) is 16.3 Å². The van der Waals surface area contributed by atoms with Gasteiger partial charge in [-0.3, -0.25) is 24.6 Å². The summed E-state index contributed by atoms with van der Waals surface area (Å²) in [5.74, 6) is -0.311. The summed E-state index contributed by atoms with van der Waals surface area (Å²) >= 11 is 6.46. The molecule has 5 amide bonds. The highest BCUT2D eigenvalue weighted by Gasteiger charge is 2.43. The number of fused-ring (bicyclic) bond motifs is 1. The first-order valence-electron chi connectivity index (χ1n) is 17.8. The summed E-state index contributed by atoms with van der Waals surface area (Å²) in [4.78, 5) is 63.8. The van der Waals surface area contributed by atoms with Crippen LogP contribution in [0.25, 0.3) is 0 Å². The zero-order valence-corrected chi connectivity index (χ0v) is 32.5. The van der Waals surface area contributed by atoms with Gasteiger partial charge in [0, 0.05) is 49.2 Å². The van der Waals surface area contributed by atoms with Gasteiger partial charge in [0.2, 0.25) is 11.9 Å². The van der Waals surface area contributed by atoms with Crippen LogP contribution in [0.3, 0.4) is 0 Å². The van der Waals surface area contributed by atoms with Gasteiger partial charge in [-0.15, -0.1) is 0 Å². The van der Waals surface area contributed by atoms with Crippen molar-refractivity contribution in [3.05, 3.63) is 88.6 Å². The van der Waals surface area contributed by atoms with Crippen LogP contribution >= 0.6 is 18.7 Å². The third kappa shape index (κ3) is 7.86. The van der Waals surface area contributed by atoms with Gasteiger partial charge in [-0.2, -0.15) is 9.99 Å². The van der Waals surface area contributed by atoms with Crippen molar-refractivity contribution in [1.29, 1.82) is 0 Å². The molecular weight excluding hydrogens is 745 g/mol. The van der Waals surface area contributed by atoms with Crippen molar-refractivity contribution in [2.45, 2.75) is 31.8 Å². The first-order chi connectivity index (χ1) is 26.3. The monoisotopic (exact) mass is 785 g/mol. The average Bonchev–Trinajstić information content (AvgIpc) is 3.41. The molecule has 3 aliphatic heterocycles. The molecule has 0 unspecified atom stereocenters. The summed E-state index contributed by atoms with van der Waals surface area (Å²) in [7, 11) is 1.10. The van der Waals surface area contributed by atoms with E-state index in [0.717, 1.165) is 47.2 Å². The normalized spacial score (nSPS) is 16.4. The third-order valence-electron chi connectivity index (χ3n) is 10.0. The number of amides is 5. The first-order valence-corrected chi connectivity index (χ1v) is 20.8. The van der Waals surface area contributed by atoms with E-state index in [2.05, 4.69) is 42.8 Å². The van der Waals surface area contributed by atoms with Crippen molar-refractivity contribution in [2.24, 2.45) is 0 Å². The van der Waals surface area contributed by atoms with Gasteiger partial charge in [-0.25, -0.2) is 14.8 Å². The zero-order valence-electron chi connectivity index (χ0n) is 30.8. The lowest BCUT2D eigenvalue weighted by molar-refractivity contribution is -0.122. The maximum atomic E-state index is 13.3. The number of nitrogens with one attached hydrogen (secondary N) is 3. The molecule has 1 aromatic heterocycles. The number of hydrogen-bond acceptors (Lipinski definition) is 12. The summed E-state index contributed by atoms with van der Waals surface area (Å²) in [5.41, 5.74) is 3.71. The lowest BCUT2D eigenvalue weighted by Gasteiger charge is -2.38. The van der Waals surface area contributed by atoms with Gasteiger partial charge in [0.25, 0.3) is 11.8 Å². The van der Waals surface area contributed by atoms with Crippen molar-refractivity contribution in [3.8, 4) is 5.75 Å². The minimum atomic E-state index is -2.57. The molecule has 0 saturated carbocycles. The maximum absolute atomic E-state index is 13.3. The van der Waals surface area contributed by atoms with Gasteiger partial charge < -0.3 is 24.8 Å². The van der Waals surface area contributed by atoms with E-state index in [1.165, 1.54) is 6.20 Å². The van der Waals surface area contributed by atoms with Crippen LogP contribution in [0.1, 0.15) is 45.5 Å². The number of imide groups is 2. The van der Waals surface area contributed by atoms with Crippen LogP contribution in [0.4, 0.5) is 33.6 Å². The molecule has 0 radical (unpaired) electrons. The molecule has 4 heterocycles. The number of methoxy groups -OCH3 is 1. The Morgan fingerprint density at radius 3 is 2.42 bits per heavy atom. The number of hydrazine groups is 1. The van der Waals surface area contributed by atoms with Crippen molar-refractivity contribution in [2.75, 3.05) is 62.7 Å². The molecule has 3 aromatic carbocycles. The molecule has 2 saturated heterocycles. The van der Waals surface area contributed by atoms with Gasteiger partial charge in [-0.1, -0.05) is 29.8 Å². The summed E-state index contributed by atoms with van der Waals surface area (Å²) in [5, 5.41) is 11.5. The topological polar surface area (TPSA) is 169 Å². The number of anilines is 5. The number of halogens is 1. The number of ether oxygens (including phenoxy) is 1. The maximum Gasteiger partial charge on any atom is 0.343 e. The van der Waals surface area contributed by atoms with Gasteiger partial charge in [0.1, 0.15) is 17.9 Å². The number of para-hydroxylation sites is 1. The Labute approximate surface area is 323 Å². The van der Waals surface area contributed by atoms with Crippen LogP contribution in [0.5, 0.6) is 5.75 Å². The number of carbonyl (C=O) groups excluding carboxylic acids is 4. The number of urea groups is 1. The van der Waals surface area contributed by atoms with E-state index in [1.54, 1.807) is 32.6 Å². The highest BCUT2D eigenvalue weighted by atomic mass is 35.5. The van der Waals surface area contributed by atoms with E-state index < -0.39 is 30.9 Å². The molecule has 3 N–H and O–H groups in total. The predicted octanol–water partition coefficient (Wildman–Crippen LogP) is 5.43. The number of hydrogen-bond donors (Lipinski definition) is 3. The van der Waals surface area contributed by atoms with Crippen LogP contribution in [-0.2, 0) is 15.9 Å². The van der Waals surface area contributed by atoms with Gasteiger partial charge >= 0.3 is 6.03 Å². The van der Waals surface area contributed by atoms with Crippen molar-refractivity contribution < 1.29 is 28.5 Å². The zero-order chi connectivity index (χ0) is 39.0. The van der Waals surface area contributed by atoms with Gasteiger partial charge in [0.15, 0.2) is 5.82 Å². The van der Waals surface area contributed by atoms with Crippen molar-refractivity contribution in [1.82, 2.24) is 30.2 Å². The van der Waals surface area contributed by atoms with E-state index in [0.29, 0.717) is 45.8 Å². The molecule has 0 atom stereocenters. The van der Waals surface area contributed by atoms with Crippen LogP contribution in [0.2, 0.25) is 5.02 Å². The van der Waals surface area contributed by atoms with E-state index >= 15 is 0 Å². The highest BCUT2D eigenvalue weighted by Crippen LogP contribution is 2.39. The second-order valence-electron chi connectivity index (χ2n) is 14.1. The van der Waals surface area contributed by atoms with Crippen molar-refractivity contribution >= 4 is 76.6 Å². The Hall–Kier alpha value is -5.50. The fourth-order valence-electron chi connectivity index (χ4n) is 7.11. The standard InChI is InChI=1S/C38H41ClN9O6P/c1-45(22-23-9-11-26-27(19-23)36(51)48(35(26)50)47-18-15-33(49)43-38(47)52)24-13-16-46(17-14-24)25-10-12-29(31(20-25)54-2)42-37-40-21-28(39)34(44-37)41-30-7-5-6-8-32(30)55(3,4)53/h5-12,19-21,24H,13-18,22H2,1-4H3,(H,43,49,52)(H2,40,41,42,44). The molecule has 0 spiro atoms. The quantitative estimate of drug-likeness (QED) is 0.131. The minimum absolute atomic E-state index is 0.00507. The SMILES string of the molecule is COc1cc(N2CCC(N(C)Cc3ccc4c(c3)C(=O)N(N3CCC(=O)NC3=O)C4=O)CC2)ccc1Nc1ncc(Cl)c(Nc2ccccc2P(C)(C)=O)n1. The van der Waals surface area contributed by atoms with E-state index in [1.807, 2.05) is 48.5 Å². The number of piperidine rings is 1. The molecular formula is C38H41ClN9O6P. The second kappa shape index (κ2) is 15.3. The summed E-state index contributed by atoms with van der Waals surface area (Å²) in [6.07, 6.45) is 3.31. The first kappa shape index (κ1) is 37.8. The Morgan fingerprint density at radius 1 is 0.945 bits per heavy atom. The molecule has 7 rings (SSSR count). The molecule has 3 aliphatic rings. The lowest BCUT2D eigenvalue weighted by Crippen LogP contribution is -2.58. The number of benzene rings is 3. The smallest absolute Gasteiger partial charge is 0.343 e. The average molecular weight is 786 g/mol. The Bertz CT molecular complexity index is 2240. The molecule has 55 heavy (non-hydrogen) atoms. The second-order valence-corrected chi connectivity index (χ2v) is 17.6. The van der Waals surface area contributed by atoms with E-state index in [9.17, 15) is 23.7 Å². The van der Waals surface area contributed by atoms with Crippen LogP contribution in [0, 0.1) is 0 Å². The molecule has 15 nitrogen and oxygen atoms in total. The number of aromatic nitrogens is 2. The molecule has 4 aromatic rings. The predicted molar refractivity (Wildman–Crippen MR) is 211 cm³/mol. The molecule has 0 aliphatic carbocycles. The summed E-state index contributed by atoms with van der Waals surface area (Å²) in [6.45, 7) is 5.59. The fourth-order valence-corrected chi connectivity index (χ4v) is 8.41. The fraction of sp³-hybridized carbons (Fsp3) is 0.316. The summed E-state index contributed by atoms with van der Waals surface area (Å²) < 4.78 is 18.6. The van der Waals surface area contributed by atoms with Crippen LogP contribution in [0.15, 0.2) is 66.9 Å². The lowest BCUT2D eigenvalue weighted by atomic mass is 10.0. The number of nitrogens with zero attached hydrogens (tertiary/aromatic N) is 6. The number of rotatable bonds is 11. The molecule has 286 valence electrons. The summed E-state index contributed by atoms with van der Waals surface area (Å²) in [6, 6.07) is 18.0. The minimum Gasteiger partial charge on any atom is -0.494 e. The Balaban J connectivity index is 0.967. The highest BCUT2D eigenvalue weighted by molar-refractivity contribution is 7.70. The van der Waals surface area contributed by atoms with Gasteiger partial charge in [0.05, 0.1) is 42.4 Å². The van der Waals surface area contributed by atoms with Crippen LogP contribution < -0.4 is 30.9 Å². The largest absolute Gasteiger partial charge is 0.494 e. The van der Waals surface area contributed by atoms with Crippen LogP contribution in [-0.4, -0.2) is 102 Å². The van der Waals surface area contributed by atoms with Gasteiger partial charge in [-0.05, 0) is 75.2 Å². The number of carbonyl (C=O) groups is 4. The Kier molecular flexibility index (Phi) is 10.5. The molecule has 0 bridgehead atoms. The molecule has 17 heteroatoms.